The van der Waals surface area contributed by atoms with Crippen molar-refractivity contribution in [2.75, 3.05) is 11.4 Å². The molecule has 3 heteroatoms. The normalized spacial score (nSPS) is 25.0. The molecule has 1 N–H and O–H groups in total. The fourth-order valence-corrected chi connectivity index (χ4v) is 3.82. The second-order valence-electron chi connectivity index (χ2n) is 6.79. The van der Waals surface area contributed by atoms with E-state index in [1.54, 1.807) is 0 Å². The van der Waals surface area contributed by atoms with E-state index in [0.717, 1.165) is 56.3 Å². The van der Waals surface area contributed by atoms with Gasteiger partial charge in [0.2, 0.25) is 5.91 Å². The van der Waals surface area contributed by atoms with Crippen LogP contribution in [0.4, 0.5) is 5.69 Å². The summed E-state index contributed by atoms with van der Waals surface area (Å²) in [5.41, 5.74) is 1.60. The first-order valence-corrected chi connectivity index (χ1v) is 8.21. The van der Waals surface area contributed by atoms with Crippen molar-refractivity contribution >= 4 is 11.6 Å². The van der Waals surface area contributed by atoms with Crippen LogP contribution in [0.1, 0.15) is 63.5 Å². The largest absolute Gasteiger partial charge is 0.388 e. The lowest BCUT2D eigenvalue weighted by atomic mass is 9.74. The van der Waals surface area contributed by atoms with Crippen molar-refractivity contribution < 1.29 is 9.90 Å². The second kappa shape index (κ2) is 5.80. The van der Waals surface area contributed by atoms with Gasteiger partial charge in [0.1, 0.15) is 0 Å². The minimum atomic E-state index is -0.446. The third-order valence-electron chi connectivity index (χ3n) is 5.16. The number of fused-ring (bicyclic) bond motifs is 1. The van der Waals surface area contributed by atoms with Crippen LogP contribution in [0.25, 0.3) is 0 Å². The molecule has 0 bridgehead atoms. The van der Waals surface area contributed by atoms with Crippen molar-refractivity contribution in [3.05, 3.63) is 29.8 Å². The molecule has 1 aromatic rings. The Kier molecular flexibility index (Phi) is 4.03. The number of nitrogens with zero attached hydrogens (tertiary/aromatic N) is 1. The summed E-state index contributed by atoms with van der Waals surface area (Å²) in [5, 5.41) is 10.3. The number of hydrogen-bond donors (Lipinski definition) is 1. The Morgan fingerprint density at radius 1 is 1.19 bits per heavy atom. The minimum absolute atomic E-state index is 0.222. The lowest BCUT2D eigenvalue weighted by Gasteiger charge is -2.37. The zero-order valence-electron chi connectivity index (χ0n) is 12.8. The summed E-state index contributed by atoms with van der Waals surface area (Å²) < 4.78 is 0. The maximum absolute atomic E-state index is 13.1. The van der Waals surface area contributed by atoms with Gasteiger partial charge in [-0.2, -0.15) is 0 Å². The van der Waals surface area contributed by atoms with Gasteiger partial charge in [0.15, 0.2) is 0 Å². The Hall–Kier alpha value is -1.35. The molecule has 114 valence electrons. The summed E-state index contributed by atoms with van der Waals surface area (Å²) in [6.45, 7) is 2.85. The maximum Gasteiger partial charge on any atom is 0.232 e. The highest BCUT2D eigenvalue weighted by Crippen LogP contribution is 2.41. The van der Waals surface area contributed by atoms with E-state index in [1.165, 1.54) is 6.42 Å². The number of carbonyl (C=O) groups excluding carboxylic acids is 1. The molecule has 1 fully saturated rings. The van der Waals surface area contributed by atoms with Gasteiger partial charge < -0.3 is 10.0 Å². The molecule has 1 aromatic carbocycles. The van der Waals surface area contributed by atoms with Gasteiger partial charge in [-0.3, -0.25) is 4.79 Å². The molecule has 2 aliphatic rings. The van der Waals surface area contributed by atoms with Gasteiger partial charge in [0.25, 0.3) is 0 Å². The zero-order valence-corrected chi connectivity index (χ0v) is 12.8. The average Bonchev–Trinajstić information content (AvgIpc) is 2.67. The van der Waals surface area contributed by atoms with Crippen molar-refractivity contribution in [1.82, 2.24) is 0 Å². The van der Waals surface area contributed by atoms with Crippen LogP contribution in [-0.4, -0.2) is 17.6 Å². The zero-order chi connectivity index (χ0) is 14.9. The predicted octanol–water partition coefficient (Wildman–Crippen LogP) is 3.82. The molecule has 3 rings (SSSR count). The van der Waals surface area contributed by atoms with Crippen LogP contribution < -0.4 is 4.90 Å². The van der Waals surface area contributed by atoms with E-state index in [1.807, 2.05) is 29.2 Å². The molecule has 1 amide bonds. The first-order chi connectivity index (χ1) is 10.1. The van der Waals surface area contributed by atoms with Crippen LogP contribution in [0.2, 0.25) is 0 Å². The molecule has 0 spiro atoms. The Morgan fingerprint density at radius 3 is 2.67 bits per heavy atom. The summed E-state index contributed by atoms with van der Waals surface area (Å²) in [5.74, 6) is 0.253. The third kappa shape index (κ3) is 2.71. The highest BCUT2D eigenvalue weighted by molar-refractivity contribution is 5.98. The average molecular weight is 287 g/mol. The molecule has 0 radical (unpaired) electrons. The Morgan fingerprint density at radius 2 is 1.90 bits per heavy atom. The number of rotatable bonds is 1. The maximum atomic E-state index is 13.1. The van der Waals surface area contributed by atoms with E-state index >= 15 is 0 Å². The highest BCUT2D eigenvalue weighted by atomic mass is 16.3. The van der Waals surface area contributed by atoms with E-state index in [0.29, 0.717) is 0 Å². The van der Waals surface area contributed by atoms with Gasteiger partial charge in [-0.25, -0.2) is 0 Å². The van der Waals surface area contributed by atoms with E-state index in [4.69, 9.17) is 0 Å². The Balaban J connectivity index is 1.94. The van der Waals surface area contributed by atoms with Crippen LogP contribution in [0.3, 0.4) is 0 Å². The smallest absolute Gasteiger partial charge is 0.232 e. The number of aliphatic hydroxyl groups is 1. The fourth-order valence-electron chi connectivity index (χ4n) is 3.82. The molecule has 1 aliphatic carbocycles. The predicted molar refractivity (Wildman–Crippen MR) is 84.2 cm³/mol. The van der Waals surface area contributed by atoms with Crippen LogP contribution in [0, 0.1) is 5.41 Å². The summed E-state index contributed by atoms with van der Waals surface area (Å²) in [6, 6.07) is 7.83. The van der Waals surface area contributed by atoms with Crippen LogP contribution >= 0.6 is 0 Å². The molecule has 1 saturated carbocycles. The topological polar surface area (TPSA) is 40.5 Å². The summed E-state index contributed by atoms with van der Waals surface area (Å²) in [7, 11) is 0. The third-order valence-corrected chi connectivity index (χ3v) is 5.16. The number of carbonyl (C=O) groups is 1. The van der Waals surface area contributed by atoms with E-state index in [-0.39, 0.29) is 11.3 Å². The minimum Gasteiger partial charge on any atom is -0.388 e. The van der Waals surface area contributed by atoms with Gasteiger partial charge in [-0.15, -0.1) is 0 Å². The Bertz CT molecular complexity index is 520. The van der Waals surface area contributed by atoms with Gasteiger partial charge in [0, 0.05) is 23.2 Å². The van der Waals surface area contributed by atoms with Crippen LogP contribution in [0.5, 0.6) is 0 Å². The lowest BCUT2D eigenvalue weighted by molar-refractivity contribution is -0.129. The number of anilines is 1. The molecule has 21 heavy (non-hydrogen) atoms. The summed E-state index contributed by atoms with van der Waals surface area (Å²) >= 11 is 0. The van der Waals surface area contributed by atoms with E-state index in [2.05, 4.69) is 6.92 Å². The monoisotopic (exact) mass is 287 g/mol. The second-order valence-corrected chi connectivity index (χ2v) is 6.79. The first kappa shape index (κ1) is 14.6. The number of aliphatic hydroxyl groups excluding tert-OH is 1. The number of benzene rings is 1. The molecule has 3 nitrogen and oxygen atoms in total. The highest BCUT2D eigenvalue weighted by Gasteiger charge is 2.39. The fraction of sp³-hybridized carbons (Fsp3) is 0.611. The number of amides is 1. The molecule has 0 aromatic heterocycles. The number of para-hydroxylation sites is 1. The SMILES string of the molecule is CC1(C(=O)N2CCCC(O)c3ccccc32)CCCCC1. The van der Waals surface area contributed by atoms with Crippen molar-refractivity contribution in [3.63, 3.8) is 0 Å². The number of hydrogen-bond acceptors (Lipinski definition) is 2. The van der Waals surface area contributed by atoms with Gasteiger partial charge in [0.05, 0.1) is 6.10 Å². The van der Waals surface area contributed by atoms with E-state index < -0.39 is 6.10 Å². The van der Waals surface area contributed by atoms with Crippen molar-refractivity contribution in [2.24, 2.45) is 5.41 Å². The van der Waals surface area contributed by atoms with Gasteiger partial charge in [-0.1, -0.05) is 44.4 Å². The molecule has 1 unspecified atom stereocenters. The van der Waals surface area contributed by atoms with Crippen molar-refractivity contribution in [1.29, 1.82) is 0 Å². The standard InChI is InChI=1S/C18H25NO2/c1-18(11-5-2-6-12-18)17(21)19-13-7-10-16(20)14-8-3-4-9-15(14)19/h3-4,8-9,16,20H,2,5-7,10-13H2,1H3. The van der Waals surface area contributed by atoms with Crippen LogP contribution in [-0.2, 0) is 4.79 Å². The quantitative estimate of drug-likeness (QED) is 0.853. The van der Waals surface area contributed by atoms with Crippen molar-refractivity contribution in [3.8, 4) is 0 Å². The Labute approximate surface area is 127 Å². The molecule has 0 saturated heterocycles. The first-order valence-electron chi connectivity index (χ1n) is 8.21. The van der Waals surface area contributed by atoms with Gasteiger partial charge in [-0.05, 0) is 31.7 Å². The molecular formula is C18H25NO2. The van der Waals surface area contributed by atoms with Crippen LogP contribution in [0.15, 0.2) is 24.3 Å². The van der Waals surface area contributed by atoms with E-state index in [9.17, 15) is 9.90 Å². The van der Waals surface area contributed by atoms with Gasteiger partial charge >= 0.3 is 0 Å². The molecule has 1 atom stereocenters. The molecular weight excluding hydrogens is 262 g/mol. The molecule has 1 heterocycles. The summed E-state index contributed by atoms with van der Waals surface area (Å²) in [4.78, 5) is 15.1. The molecule has 1 aliphatic heterocycles. The van der Waals surface area contributed by atoms with Crippen molar-refractivity contribution in [2.45, 2.75) is 58.0 Å². The summed E-state index contributed by atoms with van der Waals surface area (Å²) in [6.07, 6.45) is 6.69. The lowest BCUT2D eigenvalue weighted by Crippen LogP contribution is -2.44.